The van der Waals surface area contributed by atoms with E-state index in [4.69, 9.17) is 0 Å². The molecule has 3 rings (SSSR count). The predicted octanol–water partition coefficient (Wildman–Crippen LogP) is 2.68. The number of aromatic nitrogens is 3. The molecule has 2 heterocycles. The molecule has 0 bridgehead atoms. The third-order valence-electron chi connectivity index (χ3n) is 3.17. The summed E-state index contributed by atoms with van der Waals surface area (Å²) in [6, 6.07) is 16.4. The highest BCUT2D eigenvalue weighted by Crippen LogP contribution is 2.20. The number of nitrogens with one attached hydrogen (secondary N) is 2. The lowest BCUT2D eigenvalue weighted by Crippen LogP contribution is -2.23. The van der Waals surface area contributed by atoms with Gasteiger partial charge in [-0.2, -0.15) is 0 Å². The maximum Gasteiger partial charge on any atom is 0.0922 e. The fourth-order valence-corrected chi connectivity index (χ4v) is 2.18. The number of hydrogen-bond donors (Lipinski definition) is 2. The lowest BCUT2D eigenvalue weighted by atomic mass is 10.0. The van der Waals surface area contributed by atoms with Crippen LogP contribution in [0.4, 0.5) is 0 Å². The highest BCUT2D eigenvalue weighted by Gasteiger charge is 2.14. The second-order valence-corrected chi connectivity index (χ2v) is 4.56. The Bertz CT molecular complexity index is 581. The van der Waals surface area contributed by atoms with Crippen LogP contribution in [0.2, 0.25) is 0 Å². The van der Waals surface area contributed by atoms with Crippen molar-refractivity contribution in [3.05, 3.63) is 84.2 Å². The Morgan fingerprint density at radius 3 is 2.60 bits per heavy atom. The van der Waals surface area contributed by atoms with Crippen LogP contribution in [0.25, 0.3) is 0 Å². The molecule has 0 fully saturated rings. The van der Waals surface area contributed by atoms with Gasteiger partial charge in [0.05, 0.1) is 18.1 Å². The van der Waals surface area contributed by atoms with Gasteiger partial charge in [0, 0.05) is 24.6 Å². The van der Waals surface area contributed by atoms with Crippen LogP contribution in [0.3, 0.4) is 0 Å². The summed E-state index contributed by atoms with van der Waals surface area (Å²) in [5.41, 5.74) is 3.27. The quantitative estimate of drug-likeness (QED) is 0.745. The van der Waals surface area contributed by atoms with Crippen molar-refractivity contribution in [2.24, 2.45) is 0 Å². The van der Waals surface area contributed by atoms with E-state index in [1.54, 1.807) is 6.33 Å². The minimum atomic E-state index is 0.0701. The van der Waals surface area contributed by atoms with Crippen molar-refractivity contribution in [3.63, 3.8) is 0 Å². The van der Waals surface area contributed by atoms with Gasteiger partial charge in [0.15, 0.2) is 0 Å². The topological polar surface area (TPSA) is 53.6 Å². The SMILES string of the molecule is c1ccc(C(NCc2cnc[nH]2)c2ccccn2)cc1. The molecular weight excluding hydrogens is 248 g/mol. The summed E-state index contributed by atoms with van der Waals surface area (Å²) in [4.78, 5) is 11.6. The molecule has 1 unspecified atom stereocenters. The first-order valence-electron chi connectivity index (χ1n) is 6.60. The largest absolute Gasteiger partial charge is 0.347 e. The Morgan fingerprint density at radius 2 is 1.90 bits per heavy atom. The van der Waals surface area contributed by atoms with Crippen LogP contribution >= 0.6 is 0 Å². The Hall–Kier alpha value is -2.46. The summed E-state index contributed by atoms with van der Waals surface area (Å²) >= 11 is 0. The van der Waals surface area contributed by atoms with Gasteiger partial charge < -0.3 is 4.98 Å². The predicted molar refractivity (Wildman–Crippen MR) is 77.9 cm³/mol. The number of benzene rings is 1. The minimum Gasteiger partial charge on any atom is -0.347 e. The van der Waals surface area contributed by atoms with Crippen molar-refractivity contribution in [1.29, 1.82) is 0 Å². The molecule has 0 aliphatic rings. The number of pyridine rings is 1. The van der Waals surface area contributed by atoms with E-state index in [0.29, 0.717) is 0 Å². The summed E-state index contributed by atoms with van der Waals surface area (Å²) < 4.78 is 0. The normalized spacial score (nSPS) is 12.2. The van der Waals surface area contributed by atoms with Gasteiger partial charge in [0.1, 0.15) is 0 Å². The smallest absolute Gasteiger partial charge is 0.0922 e. The average molecular weight is 264 g/mol. The van der Waals surface area contributed by atoms with Gasteiger partial charge in [-0.05, 0) is 17.7 Å². The molecule has 0 amide bonds. The lowest BCUT2D eigenvalue weighted by Gasteiger charge is -2.18. The van der Waals surface area contributed by atoms with Crippen molar-refractivity contribution >= 4 is 0 Å². The Balaban J connectivity index is 1.84. The van der Waals surface area contributed by atoms with Crippen molar-refractivity contribution in [2.45, 2.75) is 12.6 Å². The number of nitrogens with zero attached hydrogens (tertiary/aromatic N) is 2. The van der Waals surface area contributed by atoms with Crippen LogP contribution in [0.1, 0.15) is 23.0 Å². The van der Waals surface area contributed by atoms with Crippen molar-refractivity contribution in [2.75, 3.05) is 0 Å². The molecule has 4 nitrogen and oxygen atoms in total. The van der Waals surface area contributed by atoms with E-state index in [9.17, 15) is 0 Å². The maximum atomic E-state index is 4.47. The second-order valence-electron chi connectivity index (χ2n) is 4.56. The summed E-state index contributed by atoms with van der Waals surface area (Å²) in [7, 11) is 0. The van der Waals surface area contributed by atoms with E-state index in [2.05, 4.69) is 32.4 Å². The van der Waals surface area contributed by atoms with Gasteiger partial charge in [-0.15, -0.1) is 0 Å². The van der Waals surface area contributed by atoms with Crippen LogP contribution < -0.4 is 5.32 Å². The second kappa shape index (κ2) is 6.12. The van der Waals surface area contributed by atoms with Crippen LogP contribution in [0.15, 0.2) is 67.3 Å². The Morgan fingerprint density at radius 1 is 1.05 bits per heavy atom. The van der Waals surface area contributed by atoms with E-state index in [-0.39, 0.29) is 6.04 Å². The first-order valence-corrected chi connectivity index (χ1v) is 6.60. The molecule has 1 aromatic carbocycles. The molecule has 2 aromatic heterocycles. The van der Waals surface area contributed by atoms with E-state index >= 15 is 0 Å². The third kappa shape index (κ3) is 2.92. The Labute approximate surface area is 117 Å². The number of imidazole rings is 1. The van der Waals surface area contributed by atoms with Gasteiger partial charge in [-0.1, -0.05) is 36.4 Å². The standard InChI is InChI=1S/C16H16N4/c1-2-6-13(7-3-1)16(15-8-4-5-9-18-15)19-11-14-10-17-12-20-14/h1-10,12,16,19H,11H2,(H,17,20). The number of hydrogen-bond acceptors (Lipinski definition) is 3. The molecular formula is C16H16N4. The summed E-state index contributed by atoms with van der Waals surface area (Å²) in [6.45, 7) is 0.718. The lowest BCUT2D eigenvalue weighted by molar-refractivity contribution is 0.585. The van der Waals surface area contributed by atoms with Gasteiger partial charge in [-0.25, -0.2) is 4.98 Å². The monoisotopic (exact) mass is 264 g/mol. The molecule has 0 aliphatic carbocycles. The zero-order valence-electron chi connectivity index (χ0n) is 11.0. The fraction of sp³-hybridized carbons (Fsp3) is 0.125. The molecule has 0 aliphatic heterocycles. The molecule has 0 radical (unpaired) electrons. The van der Waals surface area contributed by atoms with E-state index in [0.717, 1.165) is 17.9 Å². The average Bonchev–Trinajstić information content (AvgIpc) is 3.03. The zero-order valence-corrected chi connectivity index (χ0v) is 11.0. The van der Waals surface area contributed by atoms with Crippen LogP contribution in [-0.4, -0.2) is 15.0 Å². The van der Waals surface area contributed by atoms with Crippen LogP contribution in [0, 0.1) is 0 Å². The number of H-pyrrole nitrogens is 1. The molecule has 0 spiro atoms. The van der Waals surface area contributed by atoms with Crippen molar-refractivity contribution in [3.8, 4) is 0 Å². The zero-order chi connectivity index (χ0) is 13.6. The van der Waals surface area contributed by atoms with E-state index < -0.39 is 0 Å². The molecule has 0 saturated carbocycles. The molecule has 4 heteroatoms. The molecule has 1 atom stereocenters. The highest BCUT2D eigenvalue weighted by atomic mass is 15.0. The van der Waals surface area contributed by atoms with Crippen LogP contribution in [-0.2, 0) is 6.54 Å². The summed E-state index contributed by atoms with van der Waals surface area (Å²) in [5, 5.41) is 3.52. The Kier molecular flexibility index (Phi) is 3.85. The van der Waals surface area contributed by atoms with E-state index in [1.807, 2.05) is 48.8 Å². The molecule has 0 saturated heterocycles. The molecule has 3 aromatic rings. The van der Waals surface area contributed by atoms with Crippen molar-refractivity contribution < 1.29 is 0 Å². The first kappa shape index (κ1) is 12.6. The van der Waals surface area contributed by atoms with Gasteiger partial charge in [0.25, 0.3) is 0 Å². The highest BCUT2D eigenvalue weighted by molar-refractivity contribution is 5.27. The summed E-state index contributed by atoms with van der Waals surface area (Å²) in [5.74, 6) is 0. The fourth-order valence-electron chi connectivity index (χ4n) is 2.18. The van der Waals surface area contributed by atoms with Crippen LogP contribution in [0.5, 0.6) is 0 Å². The first-order chi connectivity index (χ1) is 9.93. The van der Waals surface area contributed by atoms with Gasteiger partial charge >= 0.3 is 0 Å². The van der Waals surface area contributed by atoms with E-state index in [1.165, 1.54) is 5.56 Å². The molecule has 20 heavy (non-hydrogen) atoms. The molecule has 100 valence electrons. The third-order valence-corrected chi connectivity index (χ3v) is 3.17. The minimum absolute atomic E-state index is 0.0701. The number of rotatable bonds is 5. The number of aromatic amines is 1. The van der Waals surface area contributed by atoms with Gasteiger partial charge in [-0.3, -0.25) is 10.3 Å². The molecule has 2 N–H and O–H groups in total. The van der Waals surface area contributed by atoms with Crippen molar-refractivity contribution in [1.82, 2.24) is 20.3 Å². The maximum absolute atomic E-state index is 4.47. The van der Waals surface area contributed by atoms with Gasteiger partial charge in [0.2, 0.25) is 0 Å². The summed E-state index contributed by atoms with van der Waals surface area (Å²) in [6.07, 6.45) is 5.34.